The lowest BCUT2D eigenvalue weighted by Gasteiger charge is -2.37. The Hall–Kier alpha value is -0.930. The van der Waals surface area contributed by atoms with Crippen molar-refractivity contribution in [2.75, 3.05) is 6.61 Å². The monoisotopic (exact) mass is 249 g/mol. The first-order valence-corrected chi connectivity index (χ1v) is 6.92. The van der Waals surface area contributed by atoms with Crippen LogP contribution in [0.5, 0.6) is 0 Å². The molecule has 0 aromatic heterocycles. The van der Waals surface area contributed by atoms with E-state index in [1.54, 1.807) is 12.1 Å². The predicted molar refractivity (Wildman–Crippen MR) is 69.0 cm³/mol. The van der Waals surface area contributed by atoms with Crippen molar-refractivity contribution in [3.05, 3.63) is 35.1 Å². The van der Waals surface area contributed by atoms with Crippen LogP contribution in [0.25, 0.3) is 0 Å². The Balaban J connectivity index is 1.57. The van der Waals surface area contributed by atoms with E-state index in [-0.39, 0.29) is 5.82 Å². The normalized spacial score (nSPS) is 30.0. The minimum atomic E-state index is -0.116. The summed E-state index contributed by atoms with van der Waals surface area (Å²) in [6, 6.07) is 6.17. The summed E-state index contributed by atoms with van der Waals surface area (Å²) in [5.74, 6) is -0.116. The Labute approximate surface area is 108 Å². The van der Waals surface area contributed by atoms with Crippen LogP contribution in [0.3, 0.4) is 0 Å². The maximum atomic E-state index is 13.1. The Kier molecular flexibility index (Phi) is 3.35. The molecule has 18 heavy (non-hydrogen) atoms. The lowest BCUT2D eigenvalue weighted by Crippen LogP contribution is -2.46. The van der Waals surface area contributed by atoms with E-state index in [0.29, 0.717) is 18.2 Å². The summed E-state index contributed by atoms with van der Waals surface area (Å²) in [5.41, 5.74) is 2.46. The van der Waals surface area contributed by atoms with Gasteiger partial charge in [0.1, 0.15) is 5.82 Å². The highest BCUT2D eigenvalue weighted by molar-refractivity contribution is 5.35. The van der Waals surface area contributed by atoms with Gasteiger partial charge in [0.25, 0.3) is 0 Å². The lowest BCUT2D eigenvalue weighted by molar-refractivity contribution is -0.0124. The van der Waals surface area contributed by atoms with E-state index in [1.165, 1.54) is 11.1 Å². The summed E-state index contributed by atoms with van der Waals surface area (Å²) in [6.45, 7) is 2.85. The standard InChI is InChI=1S/C15H20FNO/c1-2-18-13-8-12(9-13)17-15-6-3-10-7-11(16)4-5-14(10)15/h4-5,7,12-13,15,17H,2-3,6,8-9H2,1H3. The molecule has 0 bridgehead atoms. The number of aryl methyl sites for hydroxylation is 1. The fourth-order valence-corrected chi connectivity index (χ4v) is 3.12. The molecule has 0 heterocycles. The van der Waals surface area contributed by atoms with E-state index in [2.05, 4.69) is 5.32 Å². The summed E-state index contributed by atoms with van der Waals surface area (Å²) in [5, 5.41) is 3.68. The summed E-state index contributed by atoms with van der Waals surface area (Å²) in [6.07, 6.45) is 4.75. The second-order valence-electron chi connectivity index (χ2n) is 5.35. The molecule has 0 amide bonds. The zero-order chi connectivity index (χ0) is 12.5. The largest absolute Gasteiger partial charge is 0.378 e. The number of nitrogens with one attached hydrogen (secondary N) is 1. The van der Waals surface area contributed by atoms with E-state index in [9.17, 15) is 4.39 Å². The van der Waals surface area contributed by atoms with Gasteiger partial charge in [-0.25, -0.2) is 4.39 Å². The van der Waals surface area contributed by atoms with Crippen molar-refractivity contribution in [3.63, 3.8) is 0 Å². The second kappa shape index (κ2) is 4.98. The summed E-state index contributed by atoms with van der Waals surface area (Å²) in [7, 11) is 0. The third kappa shape index (κ3) is 2.29. The van der Waals surface area contributed by atoms with Crippen LogP contribution in [0, 0.1) is 5.82 Å². The molecule has 1 aromatic carbocycles. The first-order chi connectivity index (χ1) is 8.76. The third-order valence-electron chi connectivity index (χ3n) is 4.12. The van der Waals surface area contributed by atoms with Gasteiger partial charge in [0.05, 0.1) is 6.10 Å². The molecule has 1 fully saturated rings. The molecule has 1 atom stereocenters. The van der Waals surface area contributed by atoms with Crippen molar-refractivity contribution in [1.29, 1.82) is 0 Å². The molecule has 1 saturated carbocycles. The van der Waals surface area contributed by atoms with Crippen molar-refractivity contribution in [2.24, 2.45) is 0 Å². The molecular formula is C15H20FNO. The first kappa shape index (κ1) is 12.1. The van der Waals surface area contributed by atoms with E-state index in [0.717, 1.165) is 32.3 Å². The zero-order valence-electron chi connectivity index (χ0n) is 10.8. The maximum Gasteiger partial charge on any atom is 0.123 e. The number of benzene rings is 1. The molecule has 1 N–H and O–H groups in total. The average molecular weight is 249 g/mol. The van der Waals surface area contributed by atoms with E-state index in [4.69, 9.17) is 4.74 Å². The molecule has 0 saturated heterocycles. The smallest absolute Gasteiger partial charge is 0.123 e. The maximum absolute atomic E-state index is 13.1. The van der Waals surface area contributed by atoms with Gasteiger partial charge >= 0.3 is 0 Å². The molecule has 2 aliphatic carbocycles. The van der Waals surface area contributed by atoms with Crippen molar-refractivity contribution >= 4 is 0 Å². The molecular weight excluding hydrogens is 229 g/mol. The fraction of sp³-hybridized carbons (Fsp3) is 0.600. The van der Waals surface area contributed by atoms with E-state index >= 15 is 0 Å². The first-order valence-electron chi connectivity index (χ1n) is 6.92. The van der Waals surface area contributed by atoms with Gasteiger partial charge in [-0.1, -0.05) is 6.07 Å². The quantitative estimate of drug-likeness (QED) is 0.885. The molecule has 2 aliphatic rings. The lowest BCUT2D eigenvalue weighted by atomic mass is 9.88. The third-order valence-corrected chi connectivity index (χ3v) is 4.12. The Morgan fingerprint density at radius 1 is 1.39 bits per heavy atom. The van der Waals surface area contributed by atoms with Gasteiger partial charge in [-0.3, -0.25) is 0 Å². The summed E-state index contributed by atoms with van der Waals surface area (Å²) in [4.78, 5) is 0. The number of ether oxygens (including phenoxy) is 1. The van der Waals surface area contributed by atoms with Crippen LogP contribution in [-0.4, -0.2) is 18.8 Å². The summed E-state index contributed by atoms with van der Waals surface area (Å²) < 4.78 is 18.7. The number of rotatable bonds is 4. The molecule has 1 aromatic rings. The van der Waals surface area contributed by atoms with Crippen LogP contribution in [-0.2, 0) is 11.2 Å². The van der Waals surface area contributed by atoms with E-state index < -0.39 is 0 Å². The number of hydrogen-bond acceptors (Lipinski definition) is 2. The van der Waals surface area contributed by atoms with Gasteiger partial charge in [0.2, 0.25) is 0 Å². The molecule has 98 valence electrons. The number of fused-ring (bicyclic) bond motifs is 1. The van der Waals surface area contributed by atoms with Crippen molar-refractivity contribution < 1.29 is 9.13 Å². The SMILES string of the molecule is CCOC1CC(NC2CCc3cc(F)ccc32)C1. The van der Waals surface area contributed by atoms with Crippen LogP contribution in [0.2, 0.25) is 0 Å². The van der Waals surface area contributed by atoms with Gasteiger partial charge in [-0.05, 0) is 55.9 Å². The van der Waals surface area contributed by atoms with Crippen molar-refractivity contribution in [1.82, 2.24) is 5.32 Å². The minimum Gasteiger partial charge on any atom is -0.378 e. The molecule has 1 unspecified atom stereocenters. The van der Waals surface area contributed by atoms with Crippen LogP contribution in [0.4, 0.5) is 4.39 Å². The van der Waals surface area contributed by atoms with Crippen LogP contribution in [0.15, 0.2) is 18.2 Å². The van der Waals surface area contributed by atoms with Gasteiger partial charge in [0, 0.05) is 18.7 Å². The summed E-state index contributed by atoms with van der Waals surface area (Å²) >= 11 is 0. The van der Waals surface area contributed by atoms with Gasteiger partial charge < -0.3 is 10.1 Å². The minimum absolute atomic E-state index is 0.116. The highest BCUT2D eigenvalue weighted by Crippen LogP contribution is 2.34. The van der Waals surface area contributed by atoms with Gasteiger partial charge in [0.15, 0.2) is 0 Å². The molecule has 0 aliphatic heterocycles. The highest BCUT2D eigenvalue weighted by Gasteiger charge is 2.33. The van der Waals surface area contributed by atoms with Crippen molar-refractivity contribution in [2.45, 2.75) is 50.8 Å². The van der Waals surface area contributed by atoms with E-state index in [1.807, 2.05) is 13.0 Å². The molecule has 0 spiro atoms. The molecule has 2 nitrogen and oxygen atoms in total. The Morgan fingerprint density at radius 3 is 3.00 bits per heavy atom. The van der Waals surface area contributed by atoms with Crippen LogP contribution < -0.4 is 5.32 Å². The fourth-order valence-electron chi connectivity index (χ4n) is 3.12. The van der Waals surface area contributed by atoms with Crippen LogP contribution >= 0.6 is 0 Å². The average Bonchev–Trinajstić information content (AvgIpc) is 2.69. The highest BCUT2D eigenvalue weighted by atomic mass is 19.1. The Morgan fingerprint density at radius 2 is 2.22 bits per heavy atom. The van der Waals surface area contributed by atoms with Gasteiger partial charge in [-0.15, -0.1) is 0 Å². The number of halogens is 1. The topological polar surface area (TPSA) is 21.3 Å². The molecule has 0 radical (unpaired) electrons. The van der Waals surface area contributed by atoms with Crippen molar-refractivity contribution in [3.8, 4) is 0 Å². The predicted octanol–water partition coefficient (Wildman–Crippen LogP) is 2.97. The Bertz CT molecular complexity index is 429. The molecule has 3 rings (SSSR count). The van der Waals surface area contributed by atoms with Gasteiger partial charge in [-0.2, -0.15) is 0 Å². The second-order valence-corrected chi connectivity index (χ2v) is 5.35. The van der Waals surface area contributed by atoms with Crippen LogP contribution in [0.1, 0.15) is 43.4 Å². The molecule has 3 heteroatoms. The number of hydrogen-bond donors (Lipinski definition) is 1. The zero-order valence-corrected chi connectivity index (χ0v) is 10.8.